The van der Waals surface area contributed by atoms with E-state index < -0.39 is 17.0 Å². The van der Waals surface area contributed by atoms with E-state index in [-0.39, 0.29) is 49.0 Å². The second-order valence-electron chi connectivity index (χ2n) is 15.5. The zero-order valence-electron chi connectivity index (χ0n) is 48.8. The topological polar surface area (TPSA) is 254 Å². The third-order valence-electron chi connectivity index (χ3n) is 9.31. The highest BCUT2D eigenvalue weighted by atomic mass is 17.3. The highest BCUT2D eigenvalue weighted by Crippen LogP contribution is 2.27. The van der Waals surface area contributed by atoms with E-state index in [2.05, 4.69) is 215 Å². The molecule has 7 rings (SSSR count). The van der Waals surface area contributed by atoms with Crippen molar-refractivity contribution in [3.8, 4) is 208 Å². The Labute approximate surface area is 544 Å². The van der Waals surface area contributed by atoms with Gasteiger partial charge in [0.15, 0.2) is 11.1 Å². The van der Waals surface area contributed by atoms with Crippen molar-refractivity contribution in [1.82, 2.24) is 15.6 Å². The molecule has 18 nitrogen and oxygen atoms in total. The van der Waals surface area contributed by atoms with Crippen molar-refractivity contribution in [3.05, 3.63) is 164 Å². The average Bonchev–Trinajstić information content (AvgIpc) is 1.75. The summed E-state index contributed by atoms with van der Waals surface area (Å²) in [4.78, 5) is 58.0. The summed E-state index contributed by atoms with van der Waals surface area (Å²) in [5.74, 6) is 82.1. The van der Waals surface area contributed by atoms with Crippen LogP contribution >= 0.6 is 0 Å². The van der Waals surface area contributed by atoms with Crippen LogP contribution in [0.2, 0.25) is 0 Å². The summed E-state index contributed by atoms with van der Waals surface area (Å²) >= 11 is 0. The number of hydrogen-bond acceptors (Lipinski definition) is 15. The maximum atomic E-state index is 12.4. The van der Waals surface area contributed by atoms with E-state index in [0.29, 0.717) is 28.8 Å². The Morgan fingerprint density at radius 3 is 1.35 bits per heavy atom. The minimum atomic E-state index is -1.50. The molecular formula is C74H62N4O14. The summed E-state index contributed by atoms with van der Waals surface area (Å²) in [5, 5.41) is 29.4. The van der Waals surface area contributed by atoms with Gasteiger partial charge in [-0.2, -0.15) is 0 Å². The number of rotatable bonds is 11. The lowest BCUT2D eigenvalue weighted by Crippen LogP contribution is -2.12. The lowest BCUT2D eigenvalue weighted by molar-refractivity contribution is -0.742. The zero-order valence-corrected chi connectivity index (χ0v) is 48.8. The van der Waals surface area contributed by atoms with E-state index in [1.54, 1.807) is 51.1 Å². The predicted octanol–water partition coefficient (Wildman–Crippen LogP) is 9.23. The predicted molar refractivity (Wildman–Crippen MR) is 361 cm³/mol. The number of carbonyl (C=O) groups is 2. The van der Waals surface area contributed by atoms with Gasteiger partial charge in [0.1, 0.15) is 37.4 Å². The van der Waals surface area contributed by atoms with Gasteiger partial charge in [0.05, 0.1) is 12.1 Å². The van der Waals surface area contributed by atoms with E-state index >= 15 is 0 Å². The molecule has 0 spiro atoms. The number of nitrogens with one attached hydrogen (secondary N) is 2. The van der Waals surface area contributed by atoms with Crippen molar-refractivity contribution in [2.75, 3.05) is 13.2 Å². The van der Waals surface area contributed by atoms with Crippen molar-refractivity contribution in [2.24, 2.45) is 0 Å². The molecule has 1 aliphatic rings. The Hall–Kier alpha value is -14.3. The van der Waals surface area contributed by atoms with Gasteiger partial charge in [-0.15, -0.1) is 26.5 Å². The highest BCUT2D eigenvalue weighted by molar-refractivity contribution is 5.94. The second-order valence-corrected chi connectivity index (χ2v) is 15.5. The smallest absolute Gasteiger partial charge is 0.357 e. The fraction of sp³-hybridized carbons (Fsp3) is 0.108. The number of para-hydroxylation sites is 2. The Morgan fingerprint density at radius 2 is 0.957 bits per heavy atom. The van der Waals surface area contributed by atoms with Crippen LogP contribution in [0.5, 0.6) is 5.75 Å². The number of nitrogens with zero attached hydrogens (tertiary/aromatic N) is 2. The fourth-order valence-electron chi connectivity index (χ4n) is 5.64. The Balaban J connectivity index is -0.000000179. The molecule has 1 unspecified atom stereocenters. The largest absolute Gasteiger partial charge is 0.490 e. The summed E-state index contributed by atoms with van der Waals surface area (Å²) in [7, 11) is 0. The number of fused-ring (bicyclic) bond motifs is 2. The van der Waals surface area contributed by atoms with Gasteiger partial charge in [-0.05, 0) is 239 Å². The van der Waals surface area contributed by atoms with Gasteiger partial charge in [-0.25, -0.2) is 25.1 Å². The molecule has 1 saturated heterocycles. The average molecular weight is 1230 g/mol. The number of hydrogen-bond donors (Lipinski definition) is 5. The second kappa shape index (κ2) is 50.1. The van der Waals surface area contributed by atoms with E-state index in [0.717, 1.165) is 23.1 Å². The molecular weight excluding hydrogens is 1170 g/mol. The third kappa shape index (κ3) is 37.1. The monoisotopic (exact) mass is 1230 g/mol. The summed E-state index contributed by atoms with van der Waals surface area (Å²) < 4.78 is 21.6. The number of aromatic amines is 1. The third-order valence-corrected chi connectivity index (χ3v) is 9.31. The molecule has 1 fully saturated rings. The van der Waals surface area contributed by atoms with Gasteiger partial charge in [0.2, 0.25) is 0 Å². The SMILES string of the molecule is C#CC#CC#CC#CC#CC#CC#CC#CC.CC#CC#CC#CC#CC#CC#CC#CC#CC#CC.O=C(OCc1ccccc1)c1cc(=O)c2ccccc2[nH]1.O=C(OCc1ccccc1)c1cc(OCC2CO2)c2ccccc2n1.O=[N+]([O-])O.OONOO.[HH].[HH].[HH].[HH].[HH].[HH].[HH].[HH].[HH]. The number of carbonyl (C=O) groups excluding carboxylic acids is 2. The molecule has 0 bridgehead atoms. The minimum Gasteiger partial charge on any atom is -0.490 e. The summed E-state index contributed by atoms with van der Waals surface area (Å²) in [6.07, 6.45) is 5.02. The Kier molecular flexibility index (Phi) is 40.2. The fourth-order valence-corrected chi connectivity index (χ4v) is 5.64. The van der Waals surface area contributed by atoms with Crippen LogP contribution in [0.3, 0.4) is 0 Å². The molecule has 92 heavy (non-hydrogen) atoms. The molecule has 0 radical (unpaired) electrons. The van der Waals surface area contributed by atoms with Crippen LogP contribution < -0.4 is 15.8 Å². The summed E-state index contributed by atoms with van der Waals surface area (Å²) in [6, 6.07) is 36.5. The van der Waals surface area contributed by atoms with Crippen molar-refractivity contribution in [2.45, 2.75) is 40.1 Å². The highest BCUT2D eigenvalue weighted by Gasteiger charge is 2.24. The lowest BCUT2D eigenvalue weighted by Gasteiger charge is -2.10. The van der Waals surface area contributed by atoms with Crippen LogP contribution in [0.1, 0.15) is 65.7 Å². The van der Waals surface area contributed by atoms with Crippen LogP contribution in [-0.4, -0.2) is 62.0 Å². The van der Waals surface area contributed by atoms with Gasteiger partial charge in [-0.3, -0.25) is 4.79 Å². The zero-order chi connectivity index (χ0) is 66.8. The molecule has 5 N–H and O–H groups in total. The molecule has 3 heterocycles. The van der Waals surface area contributed by atoms with Gasteiger partial charge in [-0.1, -0.05) is 103 Å². The standard InChI is InChI=1S/C20H17NO4.C20H6.C17H13NO3.C17H4.H3NO4.HNO3.9H2/c22-20(25-11-14-6-2-1-3-7-14)18-10-19(24-13-15-12-23-15)16-8-4-5-9-17(16)21-18;1-3-5-7-9-11-13-15-17-19-20-18-16-14-12-10-8-6-4-2;19-16-10-15(18-14-9-5-4-8-13(14)16)17(20)21-11-12-6-2-1-3-7-12;1-3-5-7-9-11-13-15-17-16-14-12-10-8-6-4-2;2-4-1-5-3;2-1(3)4;;;;;;;;;/h1-10,15H,11-13H2;1-2H3;1-10H,11H2,(H,18,19);1H,2H3;1-3H;(H,2,3,4);9*1H. The first-order chi connectivity index (χ1) is 45.0. The van der Waals surface area contributed by atoms with Gasteiger partial charge in [0.25, 0.3) is 5.09 Å². The molecule has 0 aliphatic carbocycles. The number of ether oxygens (including phenoxy) is 4. The van der Waals surface area contributed by atoms with Gasteiger partial charge >= 0.3 is 11.9 Å². The van der Waals surface area contributed by atoms with Crippen LogP contribution in [-0.2, 0) is 37.4 Å². The minimum absolute atomic E-state index is 0. The lowest BCUT2D eigenvalue weighted by atomic mass is 10.2. The number of pyridine rings is 2. The number of aromatic nitrogens is 2. The van der Waals surface area contributed by atoms with E-state index in [1.165, 1.54) is 11.7 Å². The quantitative estimate of drug-likeness (QED) is 0.0202. The van der Waals surface area contributed by atoms with Crippen molar-refractivity contribution in [3.63, 3.8) is 0 Å². The van der Waals surface area contributed by atoms with Crippen LogP contribution in [0.25, 0.3) is 21.8 Å². The van der Waals surface area contributed by atoms with Crippen molar-refractivity contribution >= 4 is 33.7 Å². The van der Waals surface area contributed by atoms with Gasteiger partial charge in [0, 0.05) is 41.3 Å². The molecule has 18 heteroatoms. The molecule has 6 aromatic rings. The first-order valence-corrected chi connectivity index (χ1v) is 25.6. The molecule has 1 atom stereocenters. The molecule has 0 saturated carbocycles. The van der Waals surface area contributed by atoms with Crippen LogP contribution in [0.15, 0.2) is 126 Å². The maximum absolute atomic E-state index is 12.4. The molecule has 0 amide bonds. The number of H-pyrrole nitrogens is 1. The van der Waals surface area contributed by atoms with E-state index in [9.17, 15) is 14.4 Å². The number of terminal acetylenes is 1. The summed E-state index contributed by atoms with van der Waals surface area (Å²) in [5.41, 5.74) is 4.57. The number of epoxide rings is 1. The molecule has 462 valence electrons. The van der Waals surface area contributed by atoms with E-state index in [4.69, 9.17) is 51.2 Å². The first kappa shape index (κ1) is 73.8. The molecule has 2 aromatic heterocycles. The maximum Gasteiger partial charge on any atom is 0.357 e. The van der Waals surface area contributed by atoms with E-state index in [1.807, 2.05) is 84.9 Å². The van der Waals surface area contributed by atoms with Crippen LogP contribution in [0.4, 0.5) is 0 Å². The van der Waals surface area contributed by atoms with Crippen LogP contribution in [0, 0.1) is 212 Å². The van der Waals surface area contributed by atoms with Crippen molar-refractivity contribution < 1.29 is 72.2 Å². The summed E-state index contributed by atoms with van der Waals surface area (Å²) in [6.45, 7) is 6.67. The van der Waals surface area contributed by atoms with Gasteiger partial charge < -0.3 is 29.1 Å². The Bertz CT molecular complexity index is 4720. The number of benzene rings is 4. The first-order valence-electron chi connectivity index (χ1n) is 25.6. The molecule has 1 aliphatic heterocycles. The number of esters is 2. The Morgan fingerprint density at radius 1 is 0.587 bits per heavy atom. The molecule has 4 aromatic carbocycles. The van der Waals surface area contributed by atoms with Crippen molar-refractivity contribution in [1.29, 1.82) is 0 Å². The normalized spacial score (nSPS) is 8.93.